The Hall–Kier alpha value is -5.61. The van der Waals surface area contributed by atoms with Gasteiger partial charge in [0.05, 0.1) is 48.8 Å². The van der Waals surface area contributed by atoms with Crippen LogP contribution in [0, 0.1) is 11.3 Å². The maximum atomic E-state index is 9.96. The Morgan fingerprint density at radius 2 is 1.04 bits per heavy atom. The smallest absolute Gasteiger partial charge is 0.124 e. The first-order valence-corrected chi connectivity index (χ1v) is 16.3. The minimum atomic E-state index is 0.655. The number of hydrogen-bond donors (Lipinski definition) is 0. The number of aromatic nitrogens is 3. The van der Waals surface area contributed by atoms with Crippen molar-refractivity contribution in [1.29, 1.82) is 5.26 Å². The zero-order valence-electron chi connectivity index (χ0n) is 23.8. The van der Waals surface area contributed by atoms with Gasteiger partial charge >= 0.3 is 0 Å². The molecule has 0 atom stereocenters. The van der Waals surface area contributed by atoms with Crippen molar-refractivity contribution in [2.24, 2.45) is 0 Å². The van der Waals surface area contributed by atoms with E-state index in [1.54, 1.807) is 22.7 Å². The lowest BCUT2D eigenvalue weighted by atomic mass is 9.98. The molecule has 0 unspecified atom stereocenters. The van der Waals surface area contributed by atoms with E-state index in [9.17, 15) is 5.26 Å². The maximum Gasteiger partial charge on any atom is 0.124 e. The van der Waals surface area contributed by atoms with Gasteiger partial charge in [-0.3, -0.25) is 0 Å². The van der Waals surface area contributed by atoms with Crippen molar-refractivity contribution in [3.8, 4) is 44.0 Å². The summed E-state index contributed by atoms with van der Waals surface area (Å²) in [4.78, 5) is 9.94. The third-order valence-electron chi connectivity index (χ3n) is 8.33. The number of hydrogen-bond acceptors (Lipinski definition) is 5. The van der Waals surface area contributed by atoms with Crippen LogP contribution in [-0.4, -0.2) is 14.5 Å². The van der Waals surface area contributed by atoms with E-state index in [2.05, 4.69) is 102 Å². The molecular weight excluding hydrogens is 589 g/mol. The molecule has 0 bridgehead atoms. The van der Waals surface area contributed by atoms with Crippen molar-refractivity contribution in [2.45, 2.75) is 0 Å². The van der Waals surface area contributed by atoms with Crippen molar-refractivity contribution in [3.05, 3.63) is 139 Å². The van der Waals surface area contributed by atoms with Crippen LogP contribution in [0.25, 0.3) is 80.2 Å². The summed E-state index contributed by atoms with van der Waals surface area (Å²) in [6.45, 7) is 0. The normalized spacial score (nSPS) is 11.5. The van der Waals surface area contributed by atoms with Crippen LogP contribution in [0.1, 0.15) is 5.56 Å². The first-order chi connectivity index (χ1) is 22.2. The zero-order chi connectivity index (χ0) is 29.9. The van der Waals surface area contributed by atoms with E-state index in [0.29, 0.717) is 5.56 Å². The summed E-state index contributed by atoms with van der Waals surface area (Å²) >= 11 is 3.43. The Kier molecular flexibility index (Phi) is 5.88. The SMILES string of the molecule is N#Cc1ccccc1-c1ccccc1-n1c2ccc(-c3nc4ccccc4s3)cc2c2cc(-c3nc4ccccc4s3)ccc21. The molecule has 0 aliphatic heterocycles. The van der Waals surface area contributed by atoms with Gasteiger partial charge < -0.3 is 4.57 Å². The molecule has 45 heavy (non-hydrogen) atoms. The van der Waals surface area contributed by atoms with Gasteiger partial charge in [-0.25, -0.2) is 9.97 Å². The Morgan fingerprint density at radius 3 is 1.62 bits per heavy atom. The van der Waals surface area contributed by atoms with Crippen LogP contribution < -0.4 is 0 Å². The summed E-state index contributed by atoms with van der Waals surface area (Å²) in [5.41, 5.74) is 10.0. The first kappa shape index (κ1) is 25.8. The van der Waals surface area contributed by atoms with Gasteiger partial charge in [-0.05, 0) is 72.8 Å². The van der Waals surface area contributed by atoms with Gasteiger partial charge in [0.25, 0.3) is 0 Å². The van der Waals surface area contributed by atoms with E-state index >= 15 is 0 Å². The highest BCUT2D eigenvalue weighted by Gasteiger charge is 2.19. The van der Waals surface area contributed by atoms with Crippen LogP contribution in [0.2, 0.25) is 0 Å². The third kappa shape index (κ3) is 4.17. The van der Waals surface area contributed by atoms with Crippen LogP contribution in [0.3, 0.4) is 0 Å². The van der Waals surface area contributed by atoms with Gasteiger partial charge in [0.15, 0.2) is 0 Å². The quantitative estimate of drug-likeness (QED) is 0.199. The van der Waals surface area contributed by atoms with Crippen LogP contribution in [0.15, 0.2) is 133 Å². The summed E-state index contributed by atoms with van der Waals surface area (Å²) in [5, 5.41) is 14.3. The van der Waals surface area contributed by atoms with E-state index in [4.69, 9.17) is 9.97 Å². The Balaban J connectivity index is 1.33. The second-order valence-corrected chi connectivity index (χ2v) is 13.0. The number of fused-ring (bicyclic) bond motifs is 5. The van der Waals surface area contributed by atoms with E-state index in [0.717, 1.165) is 70.8 Å². The second-order valence-electron chi connectivity index (χ2n) is 10.9. The number of thiazole rings is 2. The topological polar surface area (TPSA) is 54.5 Å². The fourth-order valence-electron chi connectivity index (χ4n) is 6.25. The number of benzene rings is 6. The summed E-state index contributed by atoms with van der Waals surface area (Å²) < 4.78 is 4.69. The average Bonchev–Trinajstić information content (AvgIpc) is 3.81. The molecule has 6 aromatic carbocycles. The van der Waals surface area contributed by atoms with E-state index in [1.807, 2.05) is 42.5 Å². The highest BCUT2D eigenvalue weighted by atomic mass is 32.1. The molecule has 0 N–H and O–H groups in total. The molecule has 6 heteroatoms. The average molecular weight is 611 g/mol. The molecule has 0 radical (unpaired) electrons. The second kappa shape index (κ2) is 10.2. The maximum absolute atomic E-state index is 9.96. The lowest BCUT2D eigenvalue weighted by Crippen LogP contribution is -1.98. The van der Waals surface area contributed by atoms with Gasteiger partial charge in [-0.15, -0.1) is 22.7 Å². The highest BCUT2D eigenvalue weighted by Crippen LogP contribution is 2.41. The highest BCUT2D eigenvalue weighted by molar-refractivity contribution is 7.22. The van der Waals surface area contributed by atoms with Gasteiger partial charge in [0, 0.05) is 33.0 Å². The van der Waals surface area contributed by atoms with Crippen LogP contribution in [0.5, 0.6) is 0 Å². The molecule has 0 aliphatic carbocycles. The summed E-state index contributed by atoms with van der Waals surface area (Å²) in [6.07, 6.45) is 0. The third-order valence-corrected chi connectivity index (χ3v) is 10.5. The Bertz CT molecular complexity index is 2440. The van der Waals surface area contributed by atoms with Crippen molar-refractivity contribution in [2.75, 3.05) is 0 Å². The molecule has 210 valence electrons. The molecule has 0 aliphatic rings. The van der Waals surface area contributed by atoms with E-state index in [-0.39, 0.29) is 0 Å². The molecule has 0 amide bonds. The molecule has 3 aromatic heterocycles. The van der Waals surface area contributed by atoms with Gasteiger partial charge in [-0.2, -0.15) is 5.26 Å². The fraction of sp³-hybridized carbons (Fsp3) is 0. The van der Waals surface area contributed by atoms with E-state index in [1.165, 1.54) is 9.40 Å². The predicted molar refractivity (Wildman–Crippen MR) is 188 cm³/mol. The van der Waals surface area contributed by atoms with Gasteiger partial charge in [-0.1, -0.05) is 60.7 Å². The van der Waals surface area contributed by atoms with Crippen LogP contribution >= 0.6 is 22.7 Å². The number of nitriles is 1. The number of rotatable bonds is 4. The number of nitrogens with zero attached hydrogens (tertiary/aromatic N) is 4. The molecule has 9 aromatic rings. The van der Waals surface area contributed by atoms with Gasteiger partial charge in [0.1, 0.15) is 10.0 Å². The Morgan fingerprint density at radius 1 is 0.533 bits per heavy atom. The monoisotopic (exact) mass is 610 g/mol. The lowest BCUT2D eigenvalue weighted by Gasteiger charge is -2.15. The molecule has 4 nitrogen and oxygen atoms in total. The minimum absolute atomic E-state index is 0.655. The molecular formula is C39H22N4S2. The fourth-order valence-corrected chi connectivity index (χ4v) is 8.18. The molecule has 0 spiro atoms. The first-order valence-electron chi connectivity index (χ1n) is 14.6. The molecule has 9 rings (SSSR count). The van der Waals surface area contributed by atoms with Crippen molar-refractivity contribution in [3.63, 3.8) is 0 Å². The molecule has 0 saturated heterocycles. The molecule has 0 fully saturated rings. The van der Waals surface area contributed by atoms with Gasteiger partial charge in [0.2, 0.25) is 0 Å². The zero-order valence-corrected chi connectivity index (χ0v) is 25.4. The summed E-state index contributed by atoms with van der Waals surface area (Å²) in [5.74, 6) is 0. The number of para-hydroxylation sites is 3. The van der Waals surface area contributed by atoms with E-state index < -0.39 is 0 Å². The molecule has 3 heterocycles. The van der Waals surface area contributed by atoms with Crippen LogP contribution in [0.4, 0.5) is 0 Å². The summed E-state index contributed by atoms with van der Waals surface area (Å²) in [6, 6.07) is 48.5. The van der Waals surface area contributed by atoms with Crippen LogP contribution in [-0.2, 0) is 0 Å². The summed E-state index contributed by atoms with van der Waals surface area (Å²) in [7, 11) is 0. The largest absolute Gasteiger partial charge is 0.309 e. The molecule has 0 saturated carbocycles. The van der Waals surface area contributed by atoms with Crippen molar-refractivity contribution in [1.82, 2.24) is 14.5 Å². The van der Waals surface area contributed by atoms with Crippen molar-refractivity contribution >= 4 is 64.9 Å². The lowest BCUT2D eigenvalue weighted by molar-refractivity contribution is 1.18. The van der Waals surface area contributed by atoms with Crippen molar-refractivity contribution < 1.29 is 0 Å². The Labute approximate surface area is 266 Å². The predicted octanol–water partition coefficient (Wildman–Crippen LogP) is 10.9. The standard InChI is InChI=1S/C39H22N4S2/c40-23-26-9-1-2-10-27(26)28-11-3-6-14-33(28)43-34-19-17-24(38-41-31-12-4-7-15-36(31)44-38)21-29(34)30-22-25(18-20-35(30)43)39-42-32-13-5-8-16-37(32)45-39/h1-22H. The minimum Gasteiger partial charge on any atom is -0.309 e.